The Balaban J connectivity index is 1.41. The Labute approximate surface area is 170 Å². The van der Waals surface area contributed by atoms with Crippen molar-refractivity contribution in [2.24, 2.45) is 5.92 Å². The highest BCUT2D eigenvalue weighted by Gasteiger charge is 2.40. The van der Waals surface area contributed by atoms with Crippen molar-refractivity contribution in [3.63, 3.8) is 0 Å². The highest BCUT2D eigenvalue weighted by Crippen LogP contribution is 2.29. The van der Waals surface area contributed by atoms with Crippen molar-refractivity contribution < 1.29 is 24.2 Å². The number of carbonyl (C=O) groups is 2. The molecule has 4 rings (SSSR count). The van der Waals surface area contributed by atoms with Gasteiger partial charge in [0.2, 0.25) is 5.91 Å². The van der Waals surface area contributed by atoms with Crippen LogP contribution in [0.15, 0.2) is 24.5 Å². The summed E-state index contributed by atoms with van der Waals surface area (Å²) in [6, 6.07) is 3.24. The summed E-state index contributed by atoms with van der Waals surface area (Å²) in [6.45, 7) is 1.38. The highest BCUT2D eigenvalue weighted by atomic mass is 16.5. The van der Waals surface area contributed by atoms with Crippen molar-refractivity contribution in [3.05, 3.63) is 30.1 Å². The zero-order valence-corrected chi connectivity index (χ0v) is 16.5. The third kappa shape index (κ3) is 5.32. The van der Waals surface area contributed by atoms with Crippen LogP contribution in [-0.2, 0) is 14.3 Å². The van der Waals surface area contributed by atoms with Gasteiger partial charge >= 0.3 is 0 Å². The number of rotatable bonds is 5. The summed E-state index contributed by atoms with van der Waals surface area (Å²) < 4.78 is 11.8. The average molecular weight is 403 g/mol. The molecule has 2 N–H and O–H groups in total. The molecule has 0 spiro atoms. The lowest BCUT2D eigenvalue weighted by atomic mass is 9.94. The largest absolute Gasteiger partial charge is 0.389 e. The molecule has 29 heavy (non-hydrogen) atoms. The number of nitrogens with zero attached hydrogens (tertiary/aromatic N) is 2. The molecule has 3 heterocycles. The molecule has 0 unspecified atom stereocenters. The fourth-order valence-corrected chi connectivity index (χ4v) is 4.09. The van der Waals surface area contributed by atoms with E-state index in [-0.39, 0.29) is 43.2 Å². The number of aliphatic hydroxyl groups excluding tert-OH is 1. The average Bonchev–Trinajstić information content (AvgIpc) is 3.54. The number of fused-ring (bicyclic) bond motifs is 1. The predicted molar refractivity (Wildman–Crippen MR) is 104 cm³/mol. The summed E-state index contributed by atoms with van der Waals surface area (Å²) in [5.41, 5.74) is 0.488. The van der Waals surface area contributed by atoms with Gasteiger partial charge in [-0.2, -0.15) is 0 Å². The molecule has 8 heteroatoms. The van der Waals surface area contributed by atoms with Gasteiger partial charge in [0.1, 0.15) is 6.10 Å². The molecule has 0 radical (unpaired) electrons. The summed E-state index contributed by atoms with van der Waals surface area (Å²) in [5, 5.41) is 13.2. The Hall–Kier alpha value is -2.03. The minimum absolute atomic E-state index is 0.0193. The van der Waals surface area contributed by atoms with Crippen LogP contribution in [0.5, 0.6) is 0 Å². The van der Waals surface area contributed by atoms with Crippen molar-refractivity contribution in [2.45, 2.75) is 56.5 Å². The lowest BCUT2D eigenvalue weighted by Gasteiger charge is -2.44. The van der Waals surface area contributed by atoms with Gasteiger partial charge in [-0.15, -0.1) is 0 Å². The van der Waals surface area contributed by atoms with E-state index in [0.717, 1.165) is 6.54 Å². The molecule has 1 aliphatic carbocycles. The van der Waals surface area contributed by atoms with E-state index in [0.29, 0.717) is 37.4 Å². The molecule has 3 fully saturated rings. The first-order chi connectivity index (χ1) is 14.1. The first kappa shape index (κ1) is 20.3. The zero-order chi connectivity index (χ0) is 20.2. The van der Waals surface area contributed by atoms with Crippen LogP contribution < -0.4 is 5.32 Å². The molecular formula is C21H29N3O5. The Morgan fingerprint density at radius 3 is 2.86 bits per heavy atom. The number of ether oxygens (including phenoxy) is 2. The Morgan fingerprint density at radius 2 is 2.10 bits per heavy atom. The van der Waals surface area contributed by atoms with Crippen molar-refractivity contribution >= 4 is 11.8 Å². The van der Waals surface area contributed by atoms with Gasteiger partial charge < -0.3 is 24.8 Å². The summed E-state index contributed by atoms with van der Waals surface area (Å²) >= 11 is 0. The van der Waals surface area contributed by atoms with E-state index in [1.807, 2.05) is 0 Å². The van der Waals surface area contributed by atoms with Crippen LogP contribution in [0.2, 0.25) is 0 Å². The van der Waals surface area contributed by atoms with Crippen molar-refractivity contribution in [2.75, 3.05) is 26.3 Å². The van der Waals surface area contributed by atoms with Crippen molar-refractivity contribution in [1.29, 1.82) is 0 Å². The van der Waals surface area contributed by atoms with Gasteiger partial charge in [0, 0.05) is 25.5 Å². The molecule has 1 saturated carbocycles. The Kier molecular flexibility index (Phi) is 6.42. The first-order valence-corrected chi connectivity index (χ1v) is 10.5. The summed E-state index contributed by atoms with van der Waals surface area (Å²) in [6.07, 6.45) is 6.03. The SMILES string of the molecule is O=C(C[C@@H]1CC[C@H]2[C@@H](COC[C@@H](O)CN2C(=O)c2cccnc2)O1)NCC1CC1. The maximum atomic E-state index is 13.1. The molecule has 0 aromatic carbocycles. The summed E-state index contributed by atoms with van der Waals surface area (Å²) in [4.78, 5) is 31.0. The third-order valence-corrected chi connectivity index (χ3v) is 5.85. The van der Waals surface area contributed by atoms with E-state index in [1.54, 1.807) is 23.2 Å². The molecule has 2 saturated heterocycles. The topological polar surface area (TPSA) is 101 Å². The van der Waals surface area contributed by atoms with Crippen molar-refractivity contribution in [3.8, 4) is 0 Å². The molecule has 8 nitrogen and oxygen atoms in total. The monoisotopic (exact) mass is 403 g/mol. The van der Waals surface area contributed by atoms with Gasteiger partial charge in [0.25, 0.3) is 5.91 Å². The number of β-amino-alcohol motifs (C(OH)–C–C–N with tert-alkyl or cyclic N) is 1. The maximum absolute atomic E-state index is 13.1. The van der Waals surface area contributed by atoms with E-state index in [4.69, 9.17) is 9.47 Å². The van der Waals surface area contributed by atoms with Crippen LogP contribution in [0.25, 0.3) is 0 Å². The molecule has 1 aromatic rings. The summed E-state index contributed by atoms with van der Waals surface area (Å²) in [7, 11) is 0. The fraction of sp³-hybridized carbons (Fsp3) is 0.667. The van der Waals surface area contributed by atoms with Crippen LogP contribution in [0.1, 0.15) is 42.5 Å². The van der Waals surface area contributed by atoms with E-state index in [1.165, 1.54) is 19.0 Å². The van der Waals surface area contributed by atoms with Crippen LogP contribution in [-0.4, -0.2) is 77.5 Å². The Morgan fingerprint density at radius 1 is 1.24 bits per heavy atom. The molecule has 4 atom stereocenters. The molecular weight excluding hydrogens is 374 g/mol. The zero-order valence-electron chi connectivity index (χ0n) is 16.5. The van der Waals surface area contributed by atoms with Crippen LogP contribution in [0.3, 0.4) is 0 Å². The van der Waals surface area contributed by atoms with E-state index >= 15 is 0 Å². The van der Waals surface area contributed by atoms with Crippen LogP contribution >= 0.6 is 0 Å². The van der Waals surface area contributed by atoms with Gasteiger partial charge in [0.15, 0.2) is 0 Å². The minimum atomic E-state index is -0.748. The smallest absolute Gasteiger partial charge is 0.255 e. The van der Waals surface area contributed by atoms with Crippen LogP contribution in [0, 0.1) is 5.92 Å². The molecule has 2 amide bonds. The van der Waals surface area contributed by atoms with Gasteiger partial charge in [-0.05, 0) is 43.7 Å². The molecule has 158 valence electrons. The first-order valence-electron chi connectivity index (χ1n) is 10.5. The number of aromatic nitrogens is 1. The standard InChI is InChI=1S/C21H29N3O5/c25-16-11-24(21(27)15-2-1-7-22-10-15)18-6-5-17(29-19(18)13-28-12-16)8-20(26)23-9-14-3-4-14/h1-2,7,10,14,16-19,25H,3-6,8-9,11-13H2,(H,23,26)/t16-,17-,18-,19+/m0/s1. The fourth-order valence-electron chi connectivity index (χ4n) is 4.09. The maximum Gasteiger partial charge on any atom is 0.255 e. The number of hydrogen-bond donors (Lipinski definition) is 2. The number of aliphatic hydroxyl groups is 1. The second-order valence-corrected chi connectivity index (χ2v) is 8.28. The molecule has 0 bridgehead atoms. The van der Waals surface area contributed by atoms with Gasteiger partial charge in [0.05, 0.1) is 43.4 Å². The van der Waals surface area contributed by atoms with E-state index < -0.39 is 6.10 Å². The number of nitrogens with one attached hydrogen (secondary N) is 1. The van der Waals surface area contributed by atoms with Crippen LogP contribution in [0.4, 0.5) is 0 Å². The second-order valence-electron chi connectivity index (χ2n) is 8.28. The lowest BCUT2D eigenvalue weighted by Crippen LogP contribution is -2.57. The Bertz CT molecular complexity index is 712. The van der Waals surface area contributed by atoms with Gasteiger partial charge in [-0.1, -0.05) is 0 Å². The predicted octanol–water partition coefficient (Wildman–Crippen LogP) is 0.747. The van der Waals surface area contributed by atoms with E-state index in [9.17, 15) is 14.7 Å². The van der Waals surface area contributed by atoms with E-state index in [2.05, 4.69) is 10.3 Å². The number of hydrogen-bond acceptors (Lipinski definition) is 6. The molecule has 2 aliphatic heterocycles. The highest BCUT2D eigenvalue weighted by molar-refractivity contribution is 5.94. The lowest BCUT2D eigenvalue weighted by molar-refractivity contribution is -0.150. The summed E-state index contributed by atoms with van der Waals surface area (Å²) in [5.74, 6) is 0.497. The van der Waals surface area contributed by atoms with Gasteiger partial charge in [-0.25, -0.2) is 0 Å². The molecule has 1 aromatic heterocycles. The molecule has 3 aliphatic rings. The number of amides is 2. The third-order valence-electron chi connectivity index (χ3n) is 5.85. The minimum Gasteiger partial charge on any atom is -0.389 e. The van der Waals surface area contributed by atoms with Gasteiger partial charge in [-0.3, -0.25) is 14.6 Å². The second kappa shape index (κ2) is 9.19. The quantitative estimate of drug-likeness (QED) is 0.752. The normalized spacial score (nSPS) is 30.0. The van der Waals surface area contributed by atoms with Crippen molar-refractivity contribution in [1.82, 2.24) is 15.2 Å². The number of carbonyl (C=O) groups excluding carboxylic acids is 2. The number of pyridine rings is 1.